The maximum Gasteiger partial charge on any atom is 0.162 e. The van der Waals surface area contributed by atoms with Gasteiger partial charge in [-0.2, -0.15) is 0 Å². The highest BCUT2D eigenvalue weighted by molar-refractivity contribution is 5.61. The molecule has 0 saturated carbocycles. The summed E-state index contributed by atoms with van der Waals surface area (Å²) in [6, 6.07) is 14.5. The lowest BCUT2D eigenvalue weighted by molar-refractivity contribution is 0.355. The van der Waals surface area contributed by atoms with E-state index >= 15 is 0 Å². The van der Waals surface area contributed by atoms with Gasteiger partial charge in [0.2, 0.25) is 0 Å². The molecular weight excluding hydrogens is 364 g/mol. The van der Waals surface area contributed by atoms with Gasteiger partial charge in [-0.05, 0) is 30.7 Å². The fourth-order valence-corrected chi connectivity index (χ4v) is 3.43. The summed E-state index contributed by atoms with van der Waals surface area (Å²) in [5.74, 6) is 1.46. The van der Waals surface area contributed by atoms with Gasteiger partial charge >= 0.3 is 0 Å². The smallest absolute Gasteiger partial charge is 0.162 e. The van der Waals surface area contributed by atoms with Crippen molar-refractivity contribution in [2.45, 2.75) is 13.5 Å². The highest BCUT2D eigenvalue weighted by Crippen LogP contribution is 2.32. The van der Waals surface area contributed by atoms with E-state index in [4.69, 9.17) is 9.47 Å². The molecule has 2 aromatic heterocycles. The largest absolute Gasteiger partial charge is 0.493 e. The van der Waals surface area contributed by atoms with Gasteiger partial charge in [0.1, 0.15) is 0 Å². The third kappa shape index (κ3) is 3.87. The predicted molar refractivity (Wildman–Crippen MR) is 115 cm³/mol. The van der Waals surface area contributed by atoms with Crippen LogP contribution in [0.5, 0.6) is 11.5 Å². The van der Waals surface area contributed by atoms with Crippen molar-refractivity contribution in [2.75, 3.05) is 25.7 Å². The molecule has 0 unspecified atom stereocenters. The Labute approximate surface area is 170 Å². The van der Waals surface area contributed by atoms with Crippen LogP contribution in [0.3, 0.4) is 0 Å². The zero-order chi connectivity index (χ0) is 20.2. The summed E-state index contributed by atoms with van der Waals surface area (Å²) in [5.41, 5.74) is 5.16. The van der Waals surface area contributed by atoms with Gasteiger partial charge in [-0.15, -0.1) is 0 Å². The summed E-state index contributed by atoms with van der Waals surface area (Å²) in [6.07, 6.45) is 7.51. The first-order valence-corrected chi connectivity index (χ1v) is 9.57. The van der Waals surface area contributed by atoms with Crippen LogP contribution in [-0.2, 0) is 6.54 Å². The van der Waals surface area contributed by atoms with Crippen molar-refractivity contribution in [3.8, 4) is 22.8 Å². The highest BCUT2D eigenvalue weighted by Gasteiger charge is 2.11. The first-order valence-electron chi connectivity index (χ1n) is 9.57. The van der Waals surface area contributed by atoms with Crippen LogP contribution in [0.15, 0.2) is 67.3 Å². The van der Waals surface area contributed by atoms with Crippen molar-refractivity contribution < 1.29 is 9.47 Å². The SMILES string of the molecule is CCN(Cc1cccc(-c2cn3ccnc3cn2)c1)c1ccc(OC)c(OC)c1. The van der Waals surface area contributed by atoms with Gasteiger partial charge < -0.3 is 18.8 Å². The number of imidazole rings is 1. The van der Waals surface area contributed by atoms with Crippen LogP contribution >= 0.6 is 0 Å². The molecule has 0 aliphatic carbocycles. The van der Waals surface area contributed by atoms with Crippen LogP contribution in [0, 0.1) is 0 Å². The minimum Gasteiger partial charge on any atom is -0.493 e. The molecule has 0 aliphatic heterocycles. The lowest BCUT2D eigenvalue weighted by atomic mass is 10.1. The topological polar surface area (TPSA) is 51.9 Å². The second-order valence-electron chi connectivity index (χ2n) is 6.72. The molecule has 0 amide bonds. The maximum absolute atomic E-state index is 5.46. The lowest BCUT2D eigenvalue weighted by Gasteiger charge is -2.24. The molecule has 0 N–H and O–H groups in total. The van der Waals surface area contributed by atoms with Crippen LogP contribution < -0.4 is 14.4 Å². The number of methoxy groups -OCH3 is 2. The Kier molecular flexibility index (Phi) is 5.33. The summed E-state index contributed by atoms with van der Waals surface area (Å²) in [7, 11) is 3.31. The molecular formula is C23H24N4O2. The van der Waals surface area contributed by atoms with Gasteiger partial charge in [-0.25, -0.2) is 4.98 Å². The van der Waals surface area contributed by atoms with E-state index in [1.807, 2.05) is 28.9 Å². The number of nitrogens with zero attached hydrogens (tertiary/aromatic N) is 4. The van der Waals surface area contributed by atoms with Crippen molar-refractivity contribution in [1.82, 2.24) is 14.4 Å². The molecule has 0 spiro atoms. The summed E-state index contributed by atoms with van der Waals surface area (Å²) in [5, 5.41) is 0. The highest BCUT2D eigenvalue weighted by atomic mass is 16.5. The van der Waals surface area contributed by atoms with Gasteiger partial charge in [0.05, 0.1) is 26.1 Å². The molecule has 2 heterocycles. The van der Waals surface area contributed by atoms with E-state index in [0.717, 1.165) is 47.2 Å². The second kappa shape index (κ2) is 8.22. The maximum atomic E-state index is 5.46. The van der Waals surface area contributed by atoms with E-state index < -0.39 is 0 Å². The second-order valence-corrected chi connectivity index (χ2v) is 6.72. The van der Waals surface area contributed by atoms with Gasteiger partial charge in [-0.1, -0.05) is 18.2 Å². The molecule has 6 nitrogen and oxygen atoms in total. The summed E-state index contributed by atoms with van der Waals surface area (Å²) < 4.78 is 12.8. The number of hydrogen-bond donors (Lipinski definition) is 0. The number of anilines is 1. The third-order valence-corrected chi connectivity index (χ3v) is 4.99. The molecule has 0 atom stereocenters. The minimum absolute atomic E-state index is 0.732. The van der Waals surface area contributed by atoms with E-state index in [2.05, 4.69) is 52.1 Å². The Morgan fingerprint density at radius 3 is 2.66 bits per heavy atom. The molecule has 29 heavy (non-hydrogen) atoms. The average molecular weight is 388 g/mol. The van der Waals surface area contributed by atoms with Gasteiger partial charge in [0.15, 0.2) is 17.1 Å². The number of rotatable bonds is 7. The van der Waals surface area contributed by atoms with Crippen LogP contribution in [0.4, 0.5) is 5.69 Å². The molecule has 148 valence electrons. The van der Waals surface area contributed by atoms with E-state index in [-0.39, 0.29) is 0 Å². The monoisotopic (exact) mass is 388 g/mol. The van der Waals surface area contributed by atoms with E-state index in [0.29, 0.717) is 0 Å². The molecule has 0 saturated heterocycles. The van der Waals surface area contributed by atoms with Gasteiger partial charge in [-0.3, -0.25) is 4.98 Å². The summed E-state index contributed by atoms with van der Waals surface area (Å²) in [6.45, 7) is 3.81. The third-order valence-electron chi connectivity index (χ3n) is 4.99. The number of fused-ring (bicyclic) bond motifs is 1. The molecule has 0 bridgehead atoms. The van der Waals surface area contributed by atoms with Crippen molar-refractivity contribution in [3.05, 3.63) is 72.8 Å². The molecule has 0 radical (unpaired) electrons. The van der Waals surface area contributed by atoms with E-state index in [1.54, 1.807) is 26.6 Å². The van der Waals surface area contributed by atoms with Crippen molar-refractivity contribution in [2.24, 2.45) is 0 Å². The first-order chi connectivity index (χ1) is 14.2. The minimum atomic E-state index is 0.732. The molecule has 6 heteroatoms. The Morgan fingerprint density at radius 2 is 1.86 bits per heavy atom. The number of benzene rings is 2. The molecule has 4 rings (SSSR count). The number of aromatic nitrogens is 3. The standard InChI is InChI=1S/C23H24N4O2/c1-4-26(19-8-9-21(28-2)22(13-19)29-3)15-17-6-5-7-18(12-17)20-16-27-11-10-24-23(27)14-25-20/h5-14,16H,4,15H2,1-3H3. The quantitative estimate of drug-likeness (QED) is 0.468. The number of hydrogen-bond acceptors (Lipinski definition) is 5. The molecule has 0 fully saturated rings. The summed E-state index contributed by atoms with van der Waals surface area (Å²) in [4.78, 5) is 11.1. The van der Waals surface area contributed by atoms with Crippen molar-refractivity contribution in [3.63, 3.8) is 0 Å². The fraction of sp³-hybridized carbons (Fsp3) is 0.217. The fourth-order valence-electron chi connectivity index (χ4n) is 3.43. The predicted octanol–water partition coefficient (Wildman–Crippen LogP) is 4.44. The lowest BCUT2D eigenvalue weighted by Crippen LogP contribution is -2.22. The molecule has 2 aromatic carbocycles. The zero-order valence-corrected chi connectivity index (χ0v) is 16.9. The first kappa shape index (κ1) is 18.8. The van der Waals surface area contributed by atoms with Crippen LogP contribution in [0.2, 0.25) is 0 Å². The van der Waals surface area contributed by atoms with E-state index in [9.17, 15) is 0 Å². The Hall–Kier alpha value is -3.54. The van der Waals surface area contributed by atoms with E-state index in [1.165, 1.54) is 5.56 Å². The van der Waals surface area contributed by atoms with Crippen LogP contribution in [0.25, 0.3) is 16.9 Å². The molecule has 0 aliphatic rings. The van der Waals surface area contributed by atoms with Gasteiger partial charge in [0, 0.05) is 49.0 Å². The Morgan fingerprint density at radius 1 is 1.00 bits per heavy atom. The Balaban J connectivity index is 1.60. The average Bonchev–Trinajstić information content (AvgIpc) is 3.25. The van der Waals surface area contributed by atoms with Crippen molar-refractivity contribution >= 4 is 11.3 Å². The Bertz CT molecular complexity index is 1120. The number of ether oxygens (including phenoxy) is 2. The molecule has 4 aromatic rings. The zero-order valence-electron chi connectivity index (χ0n) is 16.9. The van der Waals surface area contributed by atoms with Crippen LogP contribution in [-0.4, -0.2) is 35.1 Å². The normalized spacial score (nSPS) is 10.9. The van der Waals surface area contributed by atoms with Gasteiger partial charge in [0.25, 0.3) is 0 Å². The summed E-state index contributed by atoms with van der Waals surface area (Å²) >= 11 is 0. The van der Waals surface area contributed by atoms with Crippen LogP contribution in [0.1, 0.15) is 12.5 Å². The van der Waals surface area contributed by atoms with Crippen molar-refractivity contribution in [1.29, 1.82) is 0 Å².